The Balaban J connectivity index is 1.68. The molecule has 0 saturated carbocycles. The molecule has 0 bridgehead atoms. The number of amides is 1. The molecule has 0 unspecified atom stereocenters. The van der Waals surface area contributed by atoms with Gasteiger partial charge in [-0.3, -0.25) is 4.79 Å². The van der Waals surface area contributed by atoms with E-state index in [4.69, 9.17) is 0 Å². The molecule has 0 heterocycles. The van der Waals surface area contributed by atoms with E-state index in [1.165, 1.54) is 5.56 Å². The highest BCUT2D eigenvalue weighted by Crippen LogP contribution is 2.05. The summed E-state index contributed by atoms with van der Waals surface area (Å²) in [5.74, 6) is -0.0896. The number of benzene rings is 2. The average Bonchev–Trinajstić information content (AvgIpc) is 2.53. The molecule has 21 heavy (non-hydrogen) atoms. The summed E-state index contributed by atoms with van der Waals surface area (Å²) in [7, 11) is 0. The van der Waals surface area contributed by atoms with E-state index in [9.17, 15) is 4.79 Å². The quantitative estimate of drug-likeness (QED) is 0.603. The number of para-hydroxylation sites is 1. The van der Waals surface area contributed by atoms with Crippen LogP contribution in [-0.4, -0.2) is 5.91 Å². The molecule has 0 saturated heterocycles. The molecule has 2 aromatic rings. The molecule has 2 nitrogen and oxygen atoms in total. The van der Waals surface area contributed by atoms with Crippen molar-refractivity contribution in [3.63, 3.8) is 0 Å². The van der Waals surface area contributed by atoms with Gasteiger partial charge in [0.05, 0.1) is 0 Å². The van der Waals surface area contributed by atoms with Crippen molar-refractivity contribution in [2.45, 2.75) is 12.8 Å². The first kappa shape index (κ1) is 14.8. The molecule has 0 aromatic heterocycles. The van der Waals surface area contributed by atoms with Crippen LogP contribution in [0.25, 0.3) is 6.08 Å². The SMILES string of the molecule is O=C(C=CCCC=Cc1ccccc1)Nc1ccccc1. The maximum Gasteiger partial charge on any atom is 0.248 e. The fraction of sp³-hybridized carbons (Fsp3) is 0.105. The Morgan fingerprint density at radius 1 is 0.857 bits per heavy atom. The highest BCUT2D eigenvalue weighted by Gasteiger charge is 1.95. The fourth-order valence-corrected chi connectivity index (χ4v) is 1.87. The molecule has 2 heteroatoms. The van der Waals surface area contributed by atoms with Crippen LogP contribution in [0, 0.1) is 0 Å². The summed E-state index contributed by atoms with van der Waals surface area (Å²) < 4.78 is 0. The highest BCUT2D eigenvalue weighted by molar-refractivity contribution is 5.99. The predicted octanol–water partition coefficient (Wildman–Crippen LogP) is 4.67. The van der Waals surface area contributed by atoms with E-state index < -0.39 is 0 Å². The van der Waals surface area contributed by atoms with Gasteiger partial charge >= 0.3 is 0 Å². The monoisotopic (exact) mass is 277 g/mol. The van der Waals surface area contributed by atoms with E-state index in [0.29, 0.717) is 0 Å². The van der Waals surface area contributed by atoms with Crippen LogP contribution in [0.1, 0.15) is 18.4 Å². The van der Waals surface area contributed by atoms with Crippen molar-refractivity contribution in [2.75, 3.05) is 5.32 Å². The van der Waals surface area contributed by atoms with Crippen LogP contribution >= 0.6 is 0 Å². The third-order valence-corrected chi connectivity index (χ3v) is 2.92. The Bertz CT molecular complexity index is 600. The summed E-state index contributed by atoms with van der Waals surface area (Å²) in [4.78, 5) is 11.7. The smallest absolute Gasteiger partial charge is 0.248 e. The van der Waals surface area contributed by atoms with Crippen LogP contribution in [0.2, 0.25) is 0 Å². The van der Waals surface area contributed by atoms with Crippen LogP contribution in [-0.2, 0) is 4.79 Å². The van der Waals surface area contributed by atoms with Gasteiger partial charge in [-0.1, -0.05) is 66.8 Å². The van der Waals surface area contributed by atoms with Crippen LogP contribution < -0.4 is 5.32 Å². The molecular weight excluding hydrogens is 258 g/mol. The fourth-order valence-electron chi connectivity index (χ4n) is 1.87. The largest absolute Gasteiger partial charge is 0.323 e. The summed E-state index contributed by atoms with van der Waals surface area (Å²) in [6.07, 6.45) is 9.47. The second kappa shape index (κ2) is 8.54. The third-order valence-electron chi connectivity index (χ3n) is 2.92. The summed E-state index contributed by atoms with van der Waals surface area (Å²) in [6.45, 7) is 0. The van der Waals surface area contributed by atoms with Gasteiger partial charge in [0.25, 0.3) is 0 Å². The summed E-state index contributed by atoms with van der Waals surface area (Å²) in [5.41, 5.74) is 2.01. The number of nitrogens with one attached hydrogen (secondary N) is 1. The summed E-state index contributed by atoms with van der Waals surface area (Å²) >= 11 is 0. The van der Waals surface area contributed by atoms with Gasteiger partial charge in [-0.25, -0.2) is 0 Å². The highest BCUT2D eigenvalue weighted by atomic mass is 16.1. The van der Waals surface area contributed by atoms with Gasteiger partial charge in [-0.2, -0.15) is 0 Å². The Morgan fingerprint density at radius 3 is 2.19 bits per heavy atom. The average molecular weight is 277 g/mol. The zero-order chi connectivity index (χ0) is 14.8. The number of hydrogen-bond donors (Lipinski definition) is 1. The second-order valence-corrected chi connectivity index (χ2v) is 4.65. The first-order chi connectivity index (χ1) is 10.3. The zero-order valence-corrected chi connectivity index (χ0v) is 11.9. The lowest BCUT2D eigenvalue weighted by Gasteiger charge is -2.00. The van der Waals surface area contributed by atoms with Crippen LogP contribution in [0.15, 0.2) is 78.9 Å². The second-order valence-electron chi connectivity index (χ2n) is 4.65. The number of carbonyl (C=O) groups excluding carboxylic acids is 1. The molecule has 0 radical (unpaired) electrons. The zero-order valence-electron chi connectivity index (χ0n) is 11.9. The lowest BCUT2D eigenvalue weighted by molar-refractivity contribution is -0.111. The summed E-state index contributed by atoms with van der Waals surface area (Å²) in [5, 5.41) is 2.81. The van der Waals surface area contributed by atoms with Crippen molar-refractivity contribution in [1.29, 1.82) is 0 Å². The van der Waals surface area contributed by atoms with Gasteiger partial charge in [0, 0.05) is 5.69 Å². The van der Waals surface area contributed by atoms with Crippen LogP contribution in [0.5, 0.6) is 0 Å². The standard InChI is InChI=1S/C19H19NO/c21-19(20-18-14-8-4-9-15-18)16-10-2-1-5-11-17-12-6-3-7-13-17/h3-16H,1-2H2,(H,20,21). The molecule has 2 rings (SSSR count). The molecule has 106 valence electrons. The van der Waals surface area contributed by atoms with Gasteiger partial charge in [-0.15, -0.1) is 0 Å². The van der Waals surface area contributed by atoms with Gasteiger partial charge in [-0.05, 0) is 36.6 Å². The van der Waals surface area contributed by atoms with Crippen LogP contribution in [0.3, 0.4) is 0 Å². The normalized spacial score (nSPS) is 11.0. The molecule has 0 aliphatic carbocycles. The Kier molecular flexibility index (Phi) is 6.01. The van der Waals surface area contributed by atoms with Gasteiger partial charge in [0.2, 0.25) is 5.91 Å². The van der Waals surface area contributed by atoms with E-state index in [1.807, 2.05) is 54.6 Å². The molecule has 0 aliphatic rings. The van der Waals surface area contributed by atoms with E-state index in [2.05, 4.69) is 29.6 Å². The maximum absolute atomic E-state index is 11.7. The number of rotatable bonds is 6. The predicted molar refractivity (Wildman–Crippen MR) is 88.9 cm³/mol. The molecular formula is C19H19NO. The van der Waals surface area contributed by atoms with Crippen molar-refractivity contribution in [2.24, 2.45) is 0 Å². The van der Waals surface area contributed by atoms with Crippen LogP contribution in [0.4, 0.5) is 5.69 Å². The van der Waals surface area contributed by atoms with Crippen molar-refractivity contribution in [1.82, 2.24) is 0 Å². The van der Waals surface area contributed by atoms with Crippen molar-refractivity contribution < 1.29 is 4.79 Å². The minimum absolute atomic E-state index is 0.0896. The Labute approximate surface area is 125 Å². The van der Waals surface area contributed by atoms with Crippen molar-refractivity contribution >= 4 is 17.7 Å². The number of unbranched alkanes of at least 4 members (excludes halogenated alkanes) is 1. The number of carbonyl (C=O) groups is 1. The van der Waals surface area contributed by atoms with E-state index in [0.717, 1.165) is 18.5 Å². The lowest BCUT2D eigenvalue weighted by Crippen LogP contribution is -2.07. The number of anilines is 1. The molecule has 0 spiro atoms. The van der Waals surface area contributed by atoms with Gasteiger partial charge < -0.3 is 5.32 Å². The molecule has 0 aliphatic heterocycles. The molecule has 1 amide bonds. The first-order valence-corrected chi connectivity index (χ1v) is 7.09. The first-order valence-electron chi connectivity index (χ1n) is 7.09. The molecule has 0 atom stereocenters. The topological polar surface area (TPSA) is 29.1 Å². The lowest BCUT2D eigenvalue weighted by atomic mass is 10.2. The Hall–Kier alpha value is -2.61. The maximum atomic E-state index is 11.7. The minimum atomic E-state index is -0.0896. The third kappa shape index (κ3) is 5.91. The molecule has 2 aromatic carbocycles. The number of hydrogen-bond acceptors (Lipinski definition) is 1. The van der Waals surface area contributed by atoms with Crippen molar-refractivity contribution in [3.8, 4) is 0 Å². The molecule has 0 fully saturated rings. The van der Waals surface area contributed by atoms with Gasteiger partial charge in [0.15, 0.2) is 0 Å². The van der Waals surface area contributed by atoms with E-state index in [-0.39, 0.29) is 5.91 Å². The Morgan fingerprint density at radius 2 is 1.48 bits per heavy atom. The van der Waals surface area contributed by atoms with E-state index in [1.54, 1.807) is 6.08 Å². The molecule has 1 N–H and O–H groups in total. The summed E-state index contributed by atoms with van der Waals surface area (Å²) in [6, 6.07) is 19.6. The minimum Gasteiger partial charge on any atom is -0.323 e. The van der Waals surface area contributed by atoms with E-state index >= 15 is 0 Å². The van der Waals surface area contributed by atoms with Crippen molar-refractivity contribution in [3.05, 3.63) is 84.5 Å². The number of allylic oxidation sites excluding steroid dienone is 2. The van der Waals surface area contributed by atoms with Gasteiger partial charge in [0.1, 0.15) is 0 Å².